The average molecular weight is 324 g/mol. The molecule has 6 atom stereocenters. The van der Waals surface area contributed by atoms with Crippen LogP contribution in [0.5, 0.6) is 0 Å². The minimum Gasteiger partial charge on any atom is -0.469 e. The molecule has 6 unspecified atom stereocenters. The second-order valence-electron chi connectivity index (χ2n) is 7.64. The fraction of sp³-hybridized carbons (Fsp3) is 0.882. The lowest BCUT2D eigenvalue weighted by Crippen LogP contribution is -2.41. The van der Waals surface area contributed by atoms with E-state index in [9.17, 15) is 9.59 Å². The third-order valence-electron chi connectivity index (χ3n) is 6.69. The number of ether oxygens (including phenoxy) is 2. The van der Waals surface area contributed by atoms with Crippen LogP contribution in [0.2, 0.25) is 0 Å². The van der Waals surface area contributed by atoms with Gasteiger partial charge in [-0.1, -0.05) is 6.92 Å². The first-order valence-electron chi connectivity index (χ1n) is 8.43. The zero-order valence-electron chi connectivity index (χ0n) is 13.3. The Bertz CT molecular complexity index is 521. The number of hydrogen-bond acceptors (Lipinski definition) is 5. The first-order chi connectivity index (χ1) is 10.5. The van der Waals surface area contributed by atoms with E-state index in [1.165, 1.54) is 26.4 Å². The molecule has 3 saturated carbocycles. The SMILES string of the molecule is COC(=O)CCCSC1C(C)CC23CCC4OC(=O)C1C42C3. The van der Waals surface area contributed by atoms with Gasteiger partial charge in [0.1, 0.15) is 6.10 Å². The van der Waals surface area contributed by atoms with Crippen molar-refractivity contribution >= 4 is 23.7 Å². The first-order valence-corrected chi connectivity index (χ1v) is 9.48. The van der Waals surface area contributed by atoms with E-state index in [1.54, 1.807) is 0 Å². The third-order valence-corrected chi connectivity index (χ3v) is 8.33. The van der Waals surface area contributed by atoms with Gasteiger partial charge >= 0.3 is 11.9 Å². The Kier molecular flexibility index (Phi) is 3.30. The van der Waals surface area contributed by atoms with Crippen molar-refractivity contribution in [3.8, 4) is 0 Å². The molecule has 1 spiro atoms. The van der Waals surface area contributed by atoms with Crippen molar-refractivity contribution in [2.24, 2.45) is 22.7 Å². The minimum absolute atomic E-state index is 0.0589. The van der Waals surface area contributed by atoms with Crippen molar-refractivity contribution in [2.75, 3.05) is 12.9 Å². The smallest absolute Gasteiger partial charge is 0.311 e. The van der Waals surface area contributed by atoms with Crippen molar-refractivity contribution in [3.63, 3.8) is 0 Å². The van der Waals surface area contributed by atoms with Crippen molar-refractivity contribution < 1.29 is 19.1 Å². The Morgan fingerprint density at radius 1 is 1.50 bits per heavy atom. The molecule has 0 aromatic heterocycles. The van der Waals surface area contributed by atoms with Gasteiger partial charge in [-0.15, -0.1) is 0 Å². The van der Waals surface area contributed by atoms with Gasteiger partial charge in [-0.25, -0.2) is 0 Å². The van der Waals surface area contributed by atoms with Gasteiger partial charge in [0, 0.05) is 17.1 Å². The molecule has 122 valence electrons. The molecule has 0 N–H and O–H groups in total. The lowest BCUT2D eigenvalue weighted by atomic mass is 9.70. The summed E-state index contributed by atoms with van der Waals surface area (Å²) in [6, 6.07) is 0. The highest BCUT2D eigenvalue weighted by Crippen LogP contribution is 2.84. The Balaban J connectivity index is 1.44. The second kappa shape index (κ2) is 4.89. The number of rotatable bonds is 5. The lowest BCUT2D eigenvalue weighted by Gasteiger charge is -2.38. The van der Waals surface area contributed by atoms with E-state index in [0.717, 1.165) is 18.6 Å². The predicted octanol–water partition coefficient (Wildman–Crippen LogP) is 2.79. The Morgan fingerprint density at radius 2 is 2.32 bits per heavy atom. The Morgan fingerprint density at radius 3 is 3.09 bits per heavy atom. The fourth-order valence-corrected chi connectivity index (χ4v) is 7.39. The van der Waals surface area contributed by atoms with Crippen LogP contribution in [0.1, 0.15) is 45.4 Å². The number of carbonyl (C=O) groups excluding carboxylic acids is 2. The molecule has 1 saturated heterocycles. The van der Waals surface area contributed by atoms with Crippen LogP contribution in [-0.4, -0.2) is 36.2 Å². The average Bonchev–Trinajstić information content (AvgIpc) is 2.93. The van der Waals surface area contributed by atoms with Gasteiger partial charge in [-0.05, 0) is 49.2 Å². The first kappa shape index (κ1) is 14.9. The van der Waals surface area contributed by atoms with Crippen LogP contribution in [0.25, 0.3) is 0 Å². The molecule has 0 aromatic carbocycles. The molecule has 0 radical (unpaired) electrons. The van der Waals surface area contributed by atoms with E-state index in [2.05, 4.69) is 11.7 Å². The van der Waals surface area contributed by atoms with Gasteiger partial charge in [0.2, 0.25) is 0 Å². The molecule has 0 amide bonds. The summed E-state index contributed by atoms with van der Waals surface area (Å²) in [6.07, 6.45) is 6.30. The maximum absolute atomic E-state index is 12.5. The van der Waals surface area contributed by atoms with Crippen LogP contribution in [0.4, 0.5) is 0 Å². The molecular weight excluding hydrogens is 300 g/mol. The largest absolute Gasteiger partial charge is 0.469 e. The molecule has 1 aliphatic heterocycles. The maximum atomic E-state index is 12.5. The van der Waals surface area contributed by atoms with Gasteiger partial charge in [0.15, 0.2) is 0 Å². The van der Waals surface area contributed by atoms with Crippen LogP contribution in [0.15, 0.2) is 0 Å². The number of carbonyl (C=O) groups is 2. The maximum Gasteiger partial charge on any atom is 0.311 e. The van der Waals surface area contributed by atoms with Crippen LogP contribution in [0, 0.1) is 22.7 Å². The fourth-order valence-electron chi connectivity index (χ4n) is 5.84. The van der Waals surface area contributed by atoms with Crippen LogP contribution >= 0.6 is 11.8 Å². The van der Waals surface area contributed by atoms with Crippen molar-refractivity contribution in [2.45, 2.75) is 56.8 Å². The van der Waals surface area contributed by atoms with Crippen molar-refractivity contribution in [1.29, 1.82) is 0 Å². The van der Waals surface area contributed by atoms with Gasteiger partial charge in [-0.3, -0.25) is 9.59 Å². The minimum atomic E-state index is -0.145. The normalized spacial score (nSPS) is 47.6. The molecule has 1 heterocycles. The zero-order valence-corrected chi connectivity index (χ0v) is 14.1. The van der Waals surface area contributed by atoms with Crippen LogP contribution in [0.3, 0.4) is 0 Å². The Hall–Kier alpha value is -0.710. The van der Waals surface area contributed by atoms with E-state index < -0.39 is 0 Å². The number of thioether (sulfide) groups is 1. The van der Waals surface area contributed by atoms with Crippen molar-refractivity contribution in [3.05, 3.63) is 0 Å². The molecule has 4 fully saturated rings. The summed E-state index contributed by atoms with van der Waals surface area (Å²) in [5.41, 5.74) is 0.619. The molecule has 0 bridgehead atoms. The molecule has 4 nitrogen and oxygen atoms in total. The molecule has 4 aliphatic rings. The summed E-state index contributed by atoms with van der Waals surface area (Å²) < 4.78 is 10.4. The van der Waals surface area contributed by atoms with E-state index in [0.29, 0.717) is 23.0 Å². The molecule has 22 heavy (non-hydrogen) atoms. The molecule has 0 aromatic rings. The van der Waals surface area contributed by atoms with Crippen LogP contribution < -0.4 is 0 Å². The molecule has 4 rings (SSSR count). The van der Waals surface area contributed by atoms with E-state index in [4.69, 9.17) is 4.74 Å². The summed E-state index contributed by atoms with van der Waals surface area (Å²) in [6.45, 7) is 2.30. The standard InChI is InChI=1S/C17H24O4S/c1-10-8-16-6-5-11-17(16,9-16)13(15(19)21-11)14(10)22-7-3-4-12(18)20-2/h10-11,13-14H,3-9H2,1-2H3. The van der Waals surface area contributed by atoms with Crippen LogP contribution in [-0.2, 0) is 19.1 Å². The lowest BCUT2D eigenvalue weighted by molar-refractivity contribution is -0.145. The topological polar surface area (TPSA) is 52.6 Å². The van der Waals surface area contributed by atoms with Gasteiger partial charge < -0.3 is 9.47 Å². The van der Waals surface area contributed by atoms with E-state index in [1.807, 2.05) is 11.8 Å². The number of hydrogen-bond donors (Lipinski definition) is 0. The van der Waals surface area contributed by atoms with Gasteiger partial charge in [-0.2, -0.15) is 11.8 Å². The highest BCUT2D eigenvalue weighted by molar-refractivity contribution is 7.99. The monoisotopic (exact) mass is 324 g/mol. The van der Waals surface area contributed by atoms with E-state index in [-0.39, 0.29) is 29.4 Å². The summed E-state index contributed by atoms with van der Waals surface area (Å²) in [7, 11) is 1.43. The van der Waals surface area contributed by atoms with Gasteiger partial charge in [0.25, 0.3) is 0 Å². The van der Waals surface area contributed by atoms with E-state index >= 15 is 0 Å². The highest BCUT2D eigenvalue weighted by Gasteiger charge is 2.84. The summed E-state index contributed by atoms with van der Waals surface area (Å²) >= 11 is 1.88. The second-order valence-corrected chi connectivity index (χ2v) is 8.92. The van der Waals surface area contributed by atoms with Gasteiger partial charge in [0.05, 0.1) is 13.0 Å². The third kappa shape index (κ3) is 1.78. The summed E-state index contributed by atoms with van der Waals surface area (Å²) in [4.78, 5) is 23.7. The molecular formula is C17H24O4S. The number of methoxy groups -OCH3 is 1. The summed E-state index contributed by atoms with van der Waals surface area (Å²) in [5.74, 6) is 1.50. The quantitative estimate of drug-likeness (QED) is 0.575. The number of esters is 2. The molecule has 3 aliphatic carbocycles. The zero-order chi connectivity index (χ0) is 15.5. The summed E-state index contributed by atoms with van der Waals surface area (Å²) in [5, 5.41) is 0.365. The van der Waals surface area contributed by atoms with Crippen molar-refractivity contribution in [1.82, 2.24) is 0 Å². The highest BCUT2D eigenvalue weighted by atomic mass is 32.2. The predicted molar refractivity (Wildman–Crippen MR) is 83.4 cm³/mol. The molecule has 5 heteroatoms. The Labute approximate surface area is 135 Å².